The minimum atomic E-state index is -0.298. The summed E-state index contributed by atoms with van der Waals surface area (Å²) in [6.07, 6.45) is 0.372. The SMILES string of the molecule is OC1CN[C@@H](c2cccc(F)c2)C1. The molecule has 0 aromatic heterocycles. The zero-order valence-corrected chi connectivity index (χ0v) is 7.20. The van der Waals surface area contributed by atoms with E-state index >= 15 is 0 Å². The van der Waals surface area contributed by atoms with Crippen molar-refractivity contribution >= 4 is 0 Å². The lowest BCUT2D eigenvalue weighted by Gasteiger charge is -2.09. The average Bonchev–Trinajstić information content (AvgIpc) is 2.52. The van der Waals surface area contributed by atoms with Crippen LogP contribution in [-0.4, -0.2) is 17.8 Å². The van der Waals surface area contributed by atoms with Crippen LogP contribution in [0.5, 0.6) is 0 Å². The third-order valence-corrected chi connectivity index (χ3v) is 2.36. The van der Waals surface area contributed by atoms with E-state index in [-0.39, 0.29) is 18.0 Å². The van der Waals surface area contributed by atoms with Gasteiger partial charge in [-0.15, -0.1) is 0 Å². The van der Waals surface area contributed by atoms with Crippen LogP contribution in [0, 0.1) is 5.82 Å². The van der Waals surface area contributed by atoms with Crippen LogP contribution in [0.25, 0.3) is 0 Å². The first-order valence-corrected chi connectivity index (χ1v) is 4.42. The Morgan fingerprint density at radius 3 is 2.92 bits per heavy atom. The summed E-state index contributed by atoms with van der Waals surface area (Å²) in [5.41, 5.74) is 0.913. The molecule has 0 radical (unpaired) electrons. The zero-order chi connectivity index (χ0) is 9.26. The van der Waals surface area contributed by atoms with Gasteiger partial charge in [-0.2, -0.15) is 0 Å². The highest BCUT2D eigenvalue weighted by Crippen LogP contribution is 2.23. The third-order valence-electron chi connectivity index (χ3n) is 2.36. The van der Waals surface area contributed by atoms with Crippen molar-refractivity contribution < 1.29 is 9.50 Å². The maximum absolute atomic E-state index is 12.8. The van der Waals surface area contributed by atoms with E-state index in [0.717, 1.165) is 5.56 Å². The fourth-order valence-corrected chi connectivity index (χ4v) is 1.69. The molecule has 2 N–H and O–H groups in total. The van der Waals surface area contributed by atoms with Gasteiger partial charge >= 0.3 is 0 Å². The molecule has 3 heteroatoms. The molecule has 1 aliphatic rings. The summed E-state index contributed by atoms with van der Waals surface area (Å²) in [5.74, 6) is -0.222. The molecule has 2 atom stereocenters. The van der Waals surface area contributed by atoms with Crippen molar-refractivity contribution in [3.8, 4) is 0 Å². The first kappa shape index (κ1) is 8.66. The topological polar surface area (TPSA) is 32.3 Å². The third kappa shape index (κ3) is 1.87. The minimum absolute atomic E-state index is 0.102. The first-order chi connectivity index (χ1) is 6.25. The lowest BCUT2D eigenvalue weighted by atomic mass is 10.0. The molecular formula is C10H12FNO. The van der Waals surface area contributed by atoms with E-state index in [2.05, 4.69) is 5.32 Å². The second-order valence-corrected chi connectivity index (χ2v) is 3.41. The quantitative estimate of drug-likeness (QED) is 0.682. The summed E-state index contributed by atoms with van der Waals surface area (Å²) in [6, 6.07) is 6.60. The van der Waals surface area contributed by atoms with Crippen LogP contribution in [0.4, 0.5) is 4.39 Å². The van der Waals surface area contributed by atoms with E-state index in [9.17, 15) is 9.50 Å². The molecule has 0 spiro atoms. The second-order valence-electron chi connectivity index (χ2n) is 3.41. The van der Waals surface area contributed by atoms with Crippen molar-refractivity contribution in [3.05, 3.63) is 35.6 Å². The summed E-state index contributed by atoms with van der Waals surface area (Å²) in [6.45, 7) is 0.598. The molecule has 0 amide bonds. The fraction of sp³-hybridized carbons (Fsp3) is 0.400. The van der Waals surface area contributed by atoms with Gasteiger partial charge in [-0.25, -0.2) is 4.39 Å². The highest BCUT2D eigenvalue weighted by Gasteiger charge is 2.23. The normalized spacial score (nSPS) is 27.8. The molecule has 70 valence electrons. The van der Waals surface area contributed by atoms with Gasteiger partial charge in [-0.3, -0.25) is 0 Å². The van der Waals surface area contributed by atoms with E-state index in [1.54, 1.807) is 6.07 Å². The van der Waals surface area contributed by atoms with Crippen molar-refractivity contribution in [2.45, 2.75) is 18.6 Å². The number of benzene rings is 1. The molecule has 0 aliphatic carbocycles. The van der Waals surface area contributed by atoms with Gasteiger partial charge in [0.05, 0.1) is 6.10 Å². The molecular weight excluding hydrogens is 169 g/mol. The zero-order valence-electron chi connectivity index (χ0n) is 7.20. The number of hydrogen-bond acceptors (Lipinski definition) is 2. The standard InChI is InChI=1S/C10H12FNO/c11-8-3-1-2-7(4-8)10-5-9(13)6-12-10/h1-4,9-10,12-13H,5-6H2/t9?,10-/m1/s1. The van der Waals surface area contributed by atoms with Crippen LogP contribution in [0.1, 0.15) is 18.0 Å². The monoisotopic (exact) mass is 181 g/mol. The van der Waals surface area contributed by atoms with E-state index in [1.165, 1.54) is 12.1 Å². The molecule has 1 aliphatic heterocycles. The van der Waals surface area contributed by atoms with Crippen molar-refractivity contribution in [1.29, 1.82) is 0 Å². The smallest absolute Gasteiger partial charge is 0.123 e. The van der Waals surface area contributed by atoms with Crippen LogP contribution in [0.15, 0.2) is 24.3 Å². The maximum Gasteiger partial charge on any atom is 0.123 e. The number of β-amino-alcohol motifs (C(OH)–C–C–N with tert-alkyl or cyclic N) is 1. The highest BCUT2D eigenvalue weighted by atomic mass is 19.1. The Labute approximate surface area is 76.4 Å². The van der Waals surface area contributed by atoms with Gasteiger partial charge in [0, 0.05) is 12.6 Å². The fourth-order valence-electron chi connectivity index (χ4n) is 1.69. The van der Waals surface area contributed by atoms with Crippen molar-refractivity contribution in [2.24, 2.45) is 0 Å². The number of rotatable bonds is 1. The van der Waals surface area contributed by atoms with Gasteiger partial charge in [-0.1, -0.05) is 12.1 Å². The average molecular weight is 181 g/mol. The maximum atomic E-state index is 12.8. The Hall–Kier alpha value is -0.930. The number of halogens is 1. The van der Waals surface area contributed by atoms with Crippen molar-refractivity contribution in [1.82, 2.24) is 5.32 Å². The molecule has 0 bridgehead atoms. The van der Waals surface area contributed by atoms with Crippen molar-refractivity contribution in [3.63, 3.8) is 0 Å². The summed E-state index contributed by atoms with van der Waals surface area (Å²) in [4.78, 5) is 0. The van der Waals surface area contributed by atoms with Gasteiger partial charge in [0.15, 0.2) is 0 Å². The number of aliphatic hydroxyl groups excluding tert-OH is 1. The Morgan fingerprint density at radius 1 is 1.46 bits per heavy atom. The van der Waals surface area contributed by atoms with Gasteiger partial charge in [-0.05, 0) is 24.1 Å². The molecule has 1 saturated heterocycles. The molecule has 1 aromatic rings. The van der Waals surface area contributed by atoms with Gasteiger partial charge in [0.2, 0.25) is 0 Å². The van der Waals surface area contributed by atoms with E-state index < -0.39 is 0 Å². The van der Waals surface area contributed by atoms with Crippen LogP contribution in [-0.2, 0) is 0 Å². The van der Waals surface area contributed by atoms with Crippen molar-refractivity contribution in [2.75, 3.05) is 6.54 Å². The van der Waals surface area contributed by atoms with E-state index in [4.69, 9.17) is 0 Å². The van der Waals surface area contributed by atoms with Gasteiger partial charge < -0.3 is 10.4 Å². The van der Waals surface area contributed by atoms with Crippen LogP contribution in [0.2, 0.25) is 0 Å². The molecule has 1 aromatic carbocycles. The Bertz CT molecular complexity index is 303. The predicted octanol–water partition coefficient (Wildman–Crippen LogP) is 1.22. The summed E-state index contributed by atoms with van der Waals surface area (Å²) < 4.78 is 12.8. The molecule has 2 nitrogen and oxygen atoms in total. The summed E-state index contributed by atoms with van der Waals surface area (Å²) in [5, 5.41) is 12.4. The molecule has 1 fully saturated rings. The molecule has 2 rings (SSSR count). The Morgan fingerprint density at radius 2 is 2.31 bits per heavy atom. The van der Waals surface area contributed by atoms with Crippen LogP contribution >= 0.6 is 0 Å². The predicted molar refractivity (Wildman–Crippen MR) is 47.8 cm³/mol. The second kappa shape index (κ2) is 3.44. The number of nitrogens with one attached hydrogen (secondary N) is 1. The summed E-state index contributed by atoms with van der Waals surface area (Å²) in [7, 11) is 0. The minimum Gasteiger partial charge on any atom is -0.392 e. The van der Waals surface area contributed by atoms with Crippen LogP contribution in [0.3, 0.4) is 0 Å². The highest BCUT2D eigenvalue weighted by molar-refractivity contribution is 5.21. The molecule has 0 saturated carbocycles. The first-order valence-electron chi connectivity index (χ1n) is 4.42. The molecule has 13 heavy (non-hydrogen) atoms. The van der Waals surface area contributed by atoms with Gasteiger partial charge in [0.1, 0.15) is 5.82 Å². The Kier molecular flexibility index (Phi) is 2.29. The number of aliphatic hydroxyl groups is 1. The summed E-state index contributed by atoms with van der Waals surface area (Å²) >= 11 is 0. The Balaban J connectivity index is 2.16. The lowest BCUT2D eigenvalue weighted by Crippen LogP contribution is -2.14. The van der Waals surface area contributed by atoms with Crippen LogP contribution < -0.4 is 5.32 Å². The van der Waals surface area contributed by atoms with E-state index in [1.807, 2.05) is 6.07 Å². The number of hydrogen-bond donors (Lipinski definition) is 2. The largest absolute Gasteiger partial charge is 0.392 e. The molecule has 1 unspecified atom stereocenters. The lowest BCUT2D eigenvalue weighted by molar-refractivity contribution is 0.193. The van der Waals surface area contributed by atoms with Gasteiger partial charge in [0.25, 0.3) is 0 Å². The van der Waals surface area contributed by atoms with E-state index in [0.29, 0.717) is 13.0 Å². The molecule has 1 heterocycles.